The number of carbonyl (C=O) groups is 1. The summed E-state index contributed by atoms with van der Waals surface area (Å²) in [6.07, 6.45) is 2.64. The summed E-state index contributed by atoms with van der Waals surface area (Å²) in [5.41, 5.74) is 3.87. The van der Waals surface area contributed by atoms with E-state index in [9.17, 15) is 4.79 Å². The zero-order chi connectivity index (χ0) is 12.8. The van der Waals surface area contributed by atoms with Crippen molar-refractivity contribution in [3.8, 4) is 0 Å². The van der Waals surface area contributed by atoms with Crippen LogP contribution in [0.1, 0.15) is 55.7 Å². The lowest BCUT2D eigenvalue weighted by Crippen LogP contribution is -2.47. The largest absolute Gasteiger partial charge is 0.372 e. The lowest BCUT2D eigenvalue weighted by atomic mass is 9.54. The van der Waals surface area contributed by atoms with Gasteiger partial charge >= 0.3 is 0 Å². The quantitative estimate of drug-likeness (QED) is 0.812. The first-order valence-corrected chi connectivity index (χ1v) is 6.94. The highest BCUT2D eigenvalue weighted by Crippen LogP contribution is 2.54. The Bertz CT molecular complexity index is 486. The van der Waals surface area contributed by atoms with Gasteiger partial charge in [-0.15, -0.1) is 0 Å². The van der Waals surface area contributed by atoms with Crippen molar-refractivity contribution >= 4 is 5.78 Å². The van der Waals surface area contributed by atoms with Gasteiger partial charge in [-0.05, 0) is 29.5 Å². The Balaban J connectivity index is 1.94. The third-order valence-electron chi connectivity index (χ3n) is 5.02. The topological polar surface area (TPSA) is 26.3 Å². The second-order valence-electron chi connectivity index (χ2n) is 5.56. The molecule has 0 aromatic heterocycles. The Morgan fingerprint density at radius 3 is 2.61 bits per heavy atom. The molecule has 1 saturated carbocycles. The van der Waals surface area contributed by atoms with Crippen LogP contribution < -0.4 is 0 Å². The van der Waals surface area contributed by atoms with Crippen LogP contribution in [0.5, 0.6) is 0 Å². The molecule has 1 aromatic rings. The maximum absolute atomic E-state index is 12.0. The molecule has 1 aromatic carbocycles. The molecule has 2 aliphatic rings. The number of benzene rings is 1. The molecule has 96 valence electrons. The van der Waals surface area contributed by atoms with E-state index < -0.39 is 0 Å². The minimum Gasteiger partial charge on any atom is -0.372 e. The van der Waals surface area contributed by atoms with Gasteiger partial charge in [-0.3, -0.25) is 4.79 Å². The first-order valence-electron chi connectivity index (χ1n) is 6.94. The van der Waals surface area contributed by atoms with Crippen molar-refractivity contribution in [3.63, 3.8) is 0 Å². The van der Waals surface area contributed by atoms with E-state index in [-0.39, 0.29) is 5.41 Å². The Labute approximate surface area is 108 Å². The van der Waals surface area contributed by atoms with Crippen molar-refractivity contribution in [2.24, 2.45) is 5.41 Å². The van der Waals surface area contributed by atoms with Crippen LogP contribution in [0.25, 0.3) is 0 Å². The predicted molar refractivity (Wildman–Crippen MR) is 70.3 cm³/mol. The third kappa shape index (κ3) is 1.48. The molecule has 2 nitrogen and oxygen atoms in total. The second kappa shape index (κ2) is 4.20. The highest BCUT2D eigenvalue weighted by Gasteiger charge is 2.52. The predicted octanol–water partition coefficient (Wildman–Crippen LogP) is 3.58. The summed E-state index contributed by atoms with van der Waals surface area (Å²) in [6, 6.07) is 6.64. The molecule has 0 spiro atoms. The molecule has 1 aliphatic carbocycles. The van der Waals surface area contributed by atoms with E-state index >= 15 is 0 Å². The lowest BCUT2D eigenvalue weighted by Gasteiger charge is -2.47. The Morgan fingerprint density at radius 2 is 1.94 bits per heavy atom. The van der Waals surface area contributed by atoms with Gasteiger partial charge in [0.05, 0.1) is 13.2 Å². The highest BCUT2D eigenvalue weighted by atomic mass is 16.5. The maximum Gasteiger partial charge on any atom is 0.140 e. The zero-order valence-corrected chi connectivity index (χ0v) is 11.2. The van der Waals surface area contributed by atoms with Crippen LogP contribution >= 0.6 is 0 Å². The average molecular weight is 244 g/mol. The highest BCUT2D eigenvalue weighted by molar-refractivity contribution is 5.93. The average Bonchev–Trinajstić information content (AvgIpc) is 2.84. The Kier molecular flexibility index (Phi) is 2.78. The number of ether oxygens (including phenoxy) is 1. The minimum atomic E-state index is -0.0896. The van der Waals surface area contributed by atoms with Crippen molar-refractivity contribution in [2.75, 3.05) is 0 Å². The third-order valence-corrected chi connectivity index (χ3v) is 5.02. The van der Waals surface area contributed by atoms with Gasteiger partial charge in [0, 0.05) is 17.8 Å². The molecule has 2 heteroatoms. The number of fused-ring (bicyclic) bond motifs is 1. The van der Waals surface area contributed by atoms with Crippen LogP contribution in [0.2, 0.25) is 0 Å². The van der Waals surface area contributed by atoms with Gasteiger partial charge in [-0.25, -0.2) is 0 Å². The van der Waals surface area contributed by atoms with Gasteiger partial charge in [-0.1, -0.05) is 32.0 Å². The van der Waals surface area contributed by atoms with Crippen molar-refractivity contribution in [1.29, 1.82) is 0 Å². The Hall–Kier alpha value is -1.15. The number of carbonyl (C=O) groups excluding carboxylic acids is 1. The smallest absolute Gasteiger partial charge is 0.140 e. The number of hydrogen-bond donors (Lipinski definition) is 0. The van der Waals surface area contributed by atoms with E-state index in [4.69, 9.17) is 4.74 Å². The van der Waals surface area contributed by atoms with Crippen LogP contribution in [0.3, 0.4) is 0 Å². The monoisotopic (exact) mass is 244 g/mol. The van der Waals surface area contributed by atoms with E-state index in [0.717, 1.165) is 32.5 Å². The standard InChI is InChI=1S/C16H20O2/c1-3-16(4-2)14(8-15(16)17)11-5-6-12-9-18-10-13(12)7-11/h5-7,14H,3-4,8-10H2,1-2H3. The molecular weight excluding hydrogens is 224 g/mol. The molecule has 1 unspecified atom stereocenters. The normalized spacial score (nSPS) is 24.8. The van der Waals surface area contributed by atoms with E-state index in [2.05, 4.69) is 32.0 Å². The molecule has 0 bridgehead atoms. The lowest BCUT2D eigenvalue weighted by molar-refractivity contribution is -0.141. The summed E-state index contributed by atoms with van der Waals surface area (Å²) >= 11 is 0. The minimum absolute atomic E-state index is 0.0896. The van der Waals surface area contributed by atoms with E-state index in [1.807, 2.05) is 0 Å². The van der Waals surface area contributed by atoms with Gasteiger partial charge < -0.3 is 4.74 Å². The molecule has 1 heterocycles. The summed E-state index contributed by atoms with van der Waals surface area (Å²) in [4.78, 5) is 12.0. The van der Waals surface area contributed by atoms with Gasteiger partial charge in [0.25, 0.3) is 0 Å². The SMILES string of the molecule is CCC1(CC)C(=O)CC1c1ccc2c(c1)COC2. The summed E-state index contributed by atoms with van der Waals surface area (Å²) in [6.45, 7) is 5.76. The fourth-order valence-corrected chi connectivity index (χ4v) is 3.63. The van der Waals surface area contributed by atoms with Crippen molar-refractivity contribution in [3.05, 3.63) is 34.9 Å². The molecule has 18 heavy (non-hydrogen) atoms. The maximum atomic E-state index is 12.0. The van der Waals surface area contributed by atoms with Crippen LogP contribution in [-0.4, -0.2) is 5.78 Å². The number of hydrogen-bond acceptors (Lipinski definition) is 2. The number of rotatable bonds is 3. The summed E-state index contributed by atoms with van der Waals surface area (Å²) < 4.78 is 5.46. The van der Waals surface area contributed by atoms with Gasteiger partial charge in [0.2, 0.25) is 0 Å². The molecule has 1 atom stereocenters. The summed E-state index contributed by atoms with van der Waals surface area (Å²) in [5, 5.41) is 0. The molecule has 3 rings (SSSR count). The molecule has 0 N–H and O–H groups in total. The van der Waals surface area contributed by atoms with Crippen LogP contribution in [0.15, 0.2) is 18.2 Å². The van der Waals surface area contributed by atoms with Gasteiger partial charge in [-0.2, -0.15) is 0 Å². The molecule has 0 saturated heterocycles. The van der Waals surface area contributed by atoms with Gasteiger partial charge in [0.1, 0.15) is 5.78 Å². The van der Waals surface area contributed by atoms with Crippen molar-refractivity contribution in [1.82, 2.24) is 0 Å². The van der Waals surface area contributed by atoms with E-state index in [1.165, 1.54) is 16.7 Å². The first-order chi connectivity index (χ1) is 8.71. The number of Topliss-reactive ketones (excluding diaryl/α,β-unsaturated/α-hetero) is 1. The molecule has 0 amide bonds. The fraction of sp³-hybridized carbons (Fsp3) is 0.562. The van der Waals surface area contributed by atoms with Gasteiger partial charge in [0.15, 0.2) is 0 Å². The Morgan fingerprint density at radius 1 is 1.22 bits per heavy atom. The second-order valence-corrected chi connectivity index (χ2v) is 5.56. The molecular formula is C16H20O2. The van der Waals surface area contributed by atoms with E-state index in [1.54, 1.807) is 0 Å². The fourth-order valence-electron chi connectivity index (χ4n) is 3.63. The molecule has 0 radical (unpaired) electrons. The first kappa shape index (κ1) is 11.9. The van der Waals surface area contributed by atoms with E-state index in [0.29, 0.717) is 11.7 Å². The van der Waals surface area contributed by atoms with Crippen LogP contribution in [0, 0.1) is 5.41 Å². The molecule has 1 aliphatic heterocycles. The van der Waals surface area contributed by atoms with Crippen molar-refractivity contribution < 1.29 is 9.53 Å². The summed E-state index contributed by atoms with van der Waals surface area (Å²) in [7, 11) is 0. The summed E-state index contributed by atoms with van der Waals surface area (Å²) in [5.74, 6) is 0.875. The molecule has 1 fully saturated rings. The van der Waals surface area contributed by atoms with Crippen LogP contribution in [-0.2, 0) is 22.7 Å². The number of ketones is 1. The zero-order valence-electron chi connectivity index (χ0n) is 11.2. The van der Waals surface area contributed by atoms with Crippen LogP contribution in [0.4, 0.5) is 0 Å². The van der Waals surface area contributed by atoms with Crippen molar-refractivity contribution in [2.45, 2.75) is 52.2 Å².